The molecule has 32 heavy (non-hydrogen) atoms. The number of ether oxygens (including phenoxy) is 1. The van der Waals surface area contributed by atoms with E-state index in [0.29, 0.717) is 26.1 Å². The molecule has 0 bridgehead atoms. The molecule has 1 atom stereocenters. The predicted molar refractivity (Wildman–Crippen MR) is 111 cm³/mol. The Hall–Kier alpha value is -3.07. The molecule has 3 rings (SSSR count). The van der Waals surface area contributed by atoms with Gasteiger partial charge in [0.25, 0.3) is 0 Å². The SMILES string of the molecule is C[C@H]1CN(Cc2cc(C(F)(F)F)ccc2OCC(=O)O)CCN1C(=O)Cc1ccccc1. The summed E-state index contributed by atoms with van der Waals surface area (Å²) < 4.78 is 44.7. The number of nitrogens with zero attached hydrogens (tertiary/aromatic N) is 2. The summed E-state index contributed by atoms with van der Waals surface area (Å²) in [6.45, 7) is 2.84. The predicted octanol–water partition coefficient (Wildman–Crippen LogP) is 3.44. The van der Waals surface area contributed by atoms with Crippen LogP contribution in [0.1, 0.15) is 23.6 Å². The van der Waals surface area contributed by atoms with Gasteiger partial charge in [0.05, 0.1) is 12.0 Å². The first-order valence-electron chi connectivity index (χ1n) is 10.2. The maximum Gasteiger partial charge on any atom is 0.416 e. The van der Waals surface area contributed by atoms with Gasteiger partial charge in [-0.15, -0.1) is 0 Å². The number of aliphatic carboxylic acids is 1. The average molecular weight is 450 g/mol. The summed E-state index contributed by atoms with van der Waals surface area (Å²) in [7, 11) is 0. The molecule has 9 heteroatoms. The molecule has 1 N–H and O–H groups in total. The summed E-state index contributed by atoms with van der Waals surface area (Å²) >= 11 is 0. The van der Waals surface area contributed by atoms with Crippen molar-refractivity contribution < 1.29 is 32.6 Å². The lowest BCUT2D eigenvalue weighted by molar-refractivity contribution is -0.140. The van der Waals surface area contributed by atoms with Crippen LogP contribution in [0.4, 0.5) is 13.2 Å². The number of hydrogen-bond acceptors (Lipinski definition) is 4. The van der Waals surface area contributed by atoms with Crippen molar-refractivity contribution in [1.29, 1.82) is 0 Å². The molecule has 0 aliphatic carbocycles. The lowest BCUT2D eigenvalue weighted by Gasteiger charge is -2.40. The number of amides is 1. The molecule has 1 aliphatic rings. The summed E-state index contributed by atoms with van der Waals surface area (Å²) in [4.78, 5) is 27.3. The molecule has 1 fully saturated rings. The number of carboxylic acid groups (broad SMARTS) is 1. The van der Waals surface area contributed by atoms with Crippen LogP contribution in [0.2, 0.25) is 0 Å². The van der Waals surface area contributed by atoms with E-state index in [1.807, 2.05) is 42.2 Å². The number of alkyl halides is 3. The third-order valence-corrected chi connectivity index (χ3v) is 5.36. The van der Waals surface area contributed by atoms with Crippen molar-refractivity contribution in [2.24, 2.45) is 0 Å². The Labute approximate surface area is 184 Å². The lowest BCUT2D eigenvalue weighted by Crippen LogP contribution is -2.54. The van der Waals surface area contributed by atoms with Crippen LogP contribution < -0.4 is 4.74 Å². The molecule has 2 aromatic rings. The molecular weight excluding hydrogens is 425 g/mol. The van der Waals surface area contributed by atoms with Gasteiger partial charge in [0.15, 0.2) is 6.61 Å². The van der Waals surface area contributed by atoms with Crippen LogP contribution in [0.5, 0.6) is 5.75 Å². The summed E-state index contributed by atoms with van der Waals surface area (Å²) in [5.41, 5.74) is 0.369. The Morgan fingerprint density at radius 2 is 1.84 bits per heavy atom. The molecule has 0 spiro atoms. The Morgan fingerprint density at radius 3 is 2.47 bits per heavy atom. The van der Waals surface area contributed by atoms with Gasteiger partial charge in [-0.05, 0) is 30.7 Å². The minimum atomic E-state index is -4.52. The second kappa shape index (κ2) is 10.0. The Bertz CT molecular complexity index is 950. The summed E-state index contributed by atoms with van der Waals surface area (Å²) in [5.74, 6) is -1.10. The number of carbonyl (C=O) groups is 2. The van der Waals surface area contributed by atoms with E-state index in [2.05, 4.69) is 0 Å². The smallest absolute Gasteiger partial charge is 0.416 e. The number of carbonyl (C=O) groups excluding carboxylic acids is 1. The van der Waals surface area contributed by atoms with Gasteiger partial charge in [-0.3, -0.25) is 9.69 Å². The molecule has 0 aromatic heterocycles. The van der Waals surface area contributed by atoms with Crippen molar-refractivity contribution in [2.75, 3.05) is 26.2 Å². The second-order valence-electron chi connectivity index (χ2n) is 7.84. The first-order valence-corrected chi connectivity index (χ1v) is 10.2. The largest absolute Gasteiger partial charge is 0.482 e. The highest BCUT2D eigenvalue weighted by atomic mass is 19.4. The molecule has 6 nitrogen and oxygen atoms in total. The first-order chi connectivity index (χ1) is 15.1. The summed E-state index contributed by atoms with van der Waals surface area (Å²) in [5, 5.41) is 8.84. The van der Waals surface area contributed by atoms with Crippen LogP contribution in [-0.2, 0) is 28.7 Å². The Kier molecular flexibility index (Phi) is 7.40. The zero-order valence-corrected chi connectivity index (χ0v) is 17.6. The first kappa shape index (κ1) is 23.6. The van der Waals surface area contributed by atoms with Crippen molar-refractivity contribution in [1.82, 2.24) is 9.80 Å². The number of rotatable bonds is 7. The normalized spacial score (nSPS) is 17.2. The molecule has 1 aliphatic heterocycles. The van der Waals surface area contributed by atoms with E-state index in [9.17, 15) is 22.8 Å². The average Bonchev–Trinajstić information content (AvgIpc) is 2.72. The molecule has 1 saturated heterocycles. The maximum absolute atomic E-state index is 13.2. The van der Waals surface area contributed by atoms with Gasteiger partial charge in [-0.25, -0.2) is 4.79 Å². The fourth-order valence-electron chi connectivity index (χ4n) is 3.82. The highest BCUT2D eigenvalue weighted by Crippen LogP contribution is 2.33. The maximum atomic E-state index is 13.2. The van der Waals surface area contributed by atoms with Crippen LogP contribution >= 0.6 is 0 Å². The highest BCUT2D eigenvalue weighted by Gasteiger charge is 2.32. The molecule has 2 aromatic carbocycles. The van der Waals surface area contributed by atoms with E-state index < -0.39 is 24.3 Å². The summed E-state index contributed by atoms with van der Waals surface area (Å²) in [6, 6.07) is 12.3. The van der Waals surface area contributed by atoms with Gasteiger partial charge in [0, 0.05) is 37.8 Å². The van der Waals surface area contributed by atoms with Gasteiger partial charge in [-0.1, -0.05) is 30.3 Å². The molecule has 172 valence electrons. The zero-order valence-electron chi connectivity index (χ0n) is 17.6. The number of piperazine rings is 1. The molecule has 0 unspecified atom stereocenters. The van der Waals surface area contributed by atoms with Crippen molar-refractivity contribution >= 4 is 11.9 Å². The van der Waals surface area contributed by atoms with E-state index in [-0.39, 0.29) is 29.8 Å². The fourth-order valence-corrected chi connectivity index (χ4v) is 3.82. The highest BCUT2D eigenvalue weighted by molar-refractivity contribution is 5.79. The lowest BCUT2D eigenvalue weighted by atomic mass is 10.1. The fraction of sp³-hybridized carbons (Fsp3) is 0.391. The van der Waals surface area contributed by atoms with Crippen LogP contribution in [0.25, 0.3) is 0 Å². The van der Waals surface area contributed by atoms with Crippen LogP contribution in [0, 0.1) is 0 Å². The van der Waals surface area contributed by atoms with Gasteiger partial charge < -0.3 is 14.7 Å². The molecular formula is C23H25F3N2O4. The Morgan fingerprint density at radius 1 is 1.12 bits per heavy atom. The van der Waals surface area contributed by atoms with E-state index >= 15 is 0 Å². The second-order valence-corrected chi connectivity index (χ2v) is 7.84. The quantitative estimate of drug-likeness (QED) is 0.700. The number of hydrogen-bond donors (Lipinski definition) is 1. The van der Waals surface area contributed by atoms with Crippen molar-refractivity contribution in [2.45, 2.75) is 32.1 Å². The Balaban J connectivity index is 1.68. The van der Waals surface area contributed by atoms with Gasteiger partial charge in [-0.2, -0.15) is 13.2 Å². The molecule has 1 heterocycles. The third kappa shape index (κ3) is 6.23. The number of benzene rings is 2. The van der Waals surface area contributed by atoms with Gasteiger partial charge >= 0.3 is 12.1 Å². The van der Waals surface area contributed by atoms with Crippen molar-refractivity contribution in [3.05, 3.63) is 65.2 Å². The van der Waals surface area contributed by atoms with Crippen molar-refractivity contribution in [3.8, 4) is 5.75 Å². The van der Waals surface area contributed by atoms with Crippen LogP contribution in [0.15, 0.2) is 48.5 Å². The number of halogens is 3. The van der Waals surface area contributed by atoms with E-state index in [4.69, 9.17) is 9.84 Å². The van der Waals surface area contributed by atoms with E-state index in [1.165, 1.54) is 0 Å². The standard InChI is InChI=1S/C23H25F3N2O4/c1-16-13-27(9-10-28(16)21(29)11-17-5-3-2-4-6-17)14-18-12-19(23(24,25)26)7-8-20(18)32-15-22(30)31/h2-8,12,16H,9-11,13-15H2,1H3,(H,30,31)/t16-/m0/s1. The van der Waals surface area contributed by atoms with E-state index in [1.54, 1.807) is 4.90 Å². The van der Waals surface area contributed by atoms with E-state index in [0.717, 1.165) is 23.8 Å². The monoisotopic (exact) mass is 450 g/mol. The molecule has 0 saturated carbocycles. The zero-order chi connectivity index (χ0) is 23.3. The van der Waals surface area contributed by atoms with Crippen molar-refractivity contribution in [3.63, 3.8) is 0 Å². The van der Waals surface area contributed by atoms with Crippen LogP contribution in [-0.4, -0.2) is 59.1 Å². The topological polar surface area (TPSA) is 70.1 Å². The minimum Gasteiger partial charge on any atom is -0.482 e. The van der Waals surface area contributed by atoms with Gasteiger partial charge in [0.1, 0.15) is 5.75 Å². The minimum absolute atomic E-state index is 0.00731. The third-order valence-electron chi connectivity index (χ3n) is 5.36. The van der Waals surface area contributed by atoms with Gasteiger partial charge in [0.2, 0.25) is 5.91 Å². The number of carboxylic acids is 1. The molecule has 1 amide bonds. The van der Waals surface area contributed by atoms with Crippen LogP contribution in [0.3, 0.4) is 0 Å². The summed E-state index contributed by atoms with van der Waals surface area (Å²) in [6.07, 6.45) is -4.22. The molecule has 0 radical (unpaired) electrons.